The fourth-order valence-corrected chi connectivity index (χ4v) is 4.49. The number of nitrogens with zero attached hydrogens (tertiary/aromatic N) is 3. The van der Waals surface area contributed by atoms with E-state index in [-0.39, 0.29) is 11.8 Å². The second-order valence-corrected chi connectivity index (χ2v) is 8.30. The third-order valence-electron chi connectivity index (χ3n) is 6.39. The Morgan fingerprint density at radius 1 is 0.853 bits per heavy atom. The van der Waals surface area contributed by atoms with Gasteiger partial charge in [0.15, 0.2) is 11.5 Å². The zero-order chi connectivity index (χ0) is 24.2. The van der Waals surface area contributed by atoms with Crippen molar-refractivity contribution in [2.24, 2.45) is 0 Å². The Balaban J connectivity index is 1.74. The molecule has 7 nitrogen and oxygen atoms in total. The summed E-state index contributed by atoms with van der Waals surface area (Å²) in [5.41, 5.74) is 4.32. The van der Waals surface area contributed by atoms with E-state index in [1.807, 2.05) is 78.2 Å². The van der Waals surface area contributed by atoms with Crippen molar-refractivity contribution in [3.05, 3.63) is 65.9 Å². The van der Waals surface area contributed by atoms with Gasteiger partial charge in [-0.1, -0.05) is 37.3 Å². The third kappa shape index (κ3) is 4.38. The molecule has 1 aromatic heterocycles. The maximum Gasteiger partial charge on any atom is 0.255 e. The zero-order valence-corrected chi connectivity index (χ0v) is 20.2. The van der Waals surface area contributed by atoms with E-state index in [9.17, 15) is 9.59 Å². The summed E-state index contributed by atoms with van der Waals surface area (Å²) in [6.45, 7) is 6.04. The lowest BCUT2D eigenvalue weighted by atomic mass is 10.1. The van der Waals surface area contributed by atoms with Gasteiger partial charge in [-0.05, 0) is 30.7 Å². The van der Waals surface area contributed by atoms with Gasteiger partial charge >= 0.3 is 0 Å². The smallest absolute Gasteiger partial charge is 0.255 e. The number of benzene rings is 2. The van der Waals surface area contributed by atoms with Gasteiger partial charge in [-0.15, -0.1) is 0 Å². The first-order chi connectivity index (χ1) is 16.5. The van der Waals surface area contributed by atoms with Crippen molar-refractivity contribution in [2.75, 3.05) is 40.4 Å². The highest BCUT2D eigenvalue weighted by molar-refractivity contribution is 5.97. The van der Waals surface area contributed by atoms with Crippen LogP contribution >= 0.6 is 0 Å². The number of hydrogen-bond acceptors (Lipinski definition) is 4. The van der Waals surface area contributed by atoms with E-state index < -0.39 is 0 Å². The molecule has 0 atom stereocenters. The number of ether oxygens (including phenoxy) is 2. The van der Waals surface area contributed by atoms with E-state index in [2.05, 4.69) is 4.57 Å². The lowest BCUT2D eigenvalue weighted by Crippen LogP contribution is -2.50. The molecular weight excluding hydrogens is 430 g/mol. The molecule has 34 heavy (non-hydrogen) atoms. The molecular formula is C27H31N3O4. The van der Waals surface area contributed by atoms with Gasteiger partial charge in [0.25, 0.3) is 5.91 Å². The molecule has 2 aromatic carbocycles. The van der Waals surface area contributed by atoms with Gasteiger partial charge in [-0.25, -0.2) is 0 Å². The number of carbonyl (C=O) groups excluding carboxylic acids is 2. The van der Waals surface area contributed by atoms with E-state index in [0.717, 1.165) is 22.6 Å². The molecule has 0 radical (unpaired) electrons. The summed E-state index contributed by atoms with van der Waals surface area (Å²) >= 11 is 0. The Labute approximate surface area is 200 Å². The fourth-order valence-electron chi connectivity index (χ4n) is 4.49. The normalized spacial score (nSPS) is 13.6. The summed E-state index contributed by atoms with van der Waals surface area (Å²) in [6, 6.07) is 17.7. The van der Waals surface area contributed by atoms with E-state index in [4.69, 9.17) is 9.47 Å². The highest BCUT2D eigenvalue weighted by Crippen LogP contribution is 2.34. The van der Waals surface area contributed by atoms with Gasteiger partial charge in [-0.3, -0.25) is 9.59 Å². The number of amides is 2. The Bertz CT molecular complexity index is 1180. The monoisotopic (exact) mass is 461 g/mol. The third-order valence-corrected chi connectivity index (χ3v) is 6.39. The van der Waals surface area contributed by atoms with Crippen LogP contribution in [0.2, 0.25) is 0 Å². The molecule has 1 aliphatic heterocycles. The summed E-state index contributed by atoms with van der Waals surface area (Å²) in [6.07, 6.45) is 0.488. The summed E-state index contributed by atoms with van der Waals surface area (Å²) < 4.78 is 13.0. The minimum atomic E-state index is -0.0162. The molecule has 1 fully saturated rings. The van der Waals surface area contributed by atoms with Crippen LogP contribution in [-0.4, -0.2) is 66.6 Å². The van der Waals surface area contributed by atoms with E-state index in [0.29, 0.717) is 49.7 Å². The van der Waals surface area contributed by atoms with Crippen LogP contribution in [0.3, 0.4) is 0 Å². The standard InChI is InChI=1S/C27H31N3O4/c1-5-26(31)28-13-15-29(16-14-28)27(32)22-18-23(20-9-7-6-8-10-20)30(19(22)2)21-11-12-24(33-3)25(17-21)34-4/h6-12,17-18H,5,13-16H2,1-4H3. The number of hydrogen-bond donors (Lipinski definition) is 0. The quantitative estimate of drug-likeness (QED) is 0.553. The number of methoxy groups -OCH3 is 2. The molecule has 3 aromatic rings. The van der Waals surface area contributed by atoms with Crippen molar-refractivity contribution >= 4 is 11.8 Å². The second-order valence-electron chi connectivity index (χ2n) is 8.30. The summed E-state index contributed by atoms with van der Waals surface area (Å²) in [7, 11) is 3.22. The van der Waals surface area contributed by atoms with Gasteiger partial charge in [0, 0.05) is 50.0 Å². The van der Waals surface area contributed by atoms with E-state index in [1.54, 1.807) is 14.2 Å². The number of carbonyl (C=O) groups is 2. The molecule has 2 heterocycles. The lowest BCUT2D eigenvalue weighted by Gasteiger charge is -2.34. The van der Waals surface area contributed by atoms with Crippen LogP contribution in [0.25, 0.3) is 16.9 Å². The first-order valence-corrected chi connectivity index (χ1v) is 11.6. The number of piperazine rings is 1. The van der Waals surface area contributed by atoms with Crippen molar-refractivity contribution in [1.29, 1.82) is 0 Å². The van der Waals surface area contributed by atoms with Crippen LogP contribution < -0.4 is 9.47 Å². The molecule has 0 aliphatic carbocycles. The average Bonchev–Trinajstić information content (AvgIpc) is 3.24. The predicted octanol–water partition coefficient (Wildman–Crippen LogP) is 4.16. The molecule has 178 valence electrons. The van der Waals surface area contributed by atoms with Crippen LogP contribution in [-0.2, 0) is 4.79 Å². The summed E-state index contributed by atoms with van der Waals surface area (Å²) in [4.78, 5) is 29.3. The Morgan fingerprint density at radius 2 is 1.50 bits per heavy atom. The average molecular weight is 462 g/mol. The first kappa shape index (κ1) is 23.4. The highest BCUT2D eigenvalue weighted by Gasteiger charge is 2.28. The van der Waals surface area contributed by atoms with E-state index in [1.165, 1.54) is 0 Å². The molecule has 0 saturated carbocycles. The van der Waals surface area contributed by atoms with Crippen LogP contribution in [0.4, 0.5) is 0 Å². The Kier molecular flexibility index (Phi) is 6.91. The SMILES string of the molecule is CCC(=O)N1CCN(C(=O)c2cc(-c3ccccc3)n(-c3ccc(OC)c(OC)c3)c2C)CC1. The highest BCUT2D eigenvalue weighted by atomic mass is 16.5. The van der Waals surface area contributed by atoms with Crippen LogP contribution in [0.1, 0.15) is 29.4 Å². The second kappa shape index (κ2) is 10.0. The molecule has 0 bridgehead atoms. The Hall–Kier alpha value is -3.74. The molecule has 4 rings (SSSR count). The molecule has 0 spiro atoms. The molecule has 2 amide bonds. The predicted molar refractivity (Wildman–Crippen MR) is 132 cm³/mol. The topological polar surface area (TPSA) is 64.0 Å². The maximum absolute atomic E-state index is 13.6. The van der Waals surface area contributed by atoms with Crippen molar-refractivity contribution < 1.29 is 19.1 Å². The van der Waals surface area contributed by atoms with Gasteiger partial charge in [-0.2, -0.15) is 0 Å². The van der Waals surface area contributed by atoms with Crippen molar-refractivity contribution in [3.63, 3.8) is 0 Å². The number of rotatable bonds is 6. The zero-order valence-electron chi connectivity index (χ0n) is 20.2. The molecule has 1 saturated heterocycles. The van der Waals surface area contributed by atoms with Gasteiger partial charge < -0.3 is 23.8 Å². The van der Waals surface area contributed by atoms with Gasteiger partial charge in [0.1, 0.15) is 0 Å². The van der Waals surface area contributed by atoms with Crippen molar-refractivity contribution in [1.82, 2.24) is 14.4 Å². The maximum atomic E-state index is 13.6. The molecule has 7 heteroatoms. The lowest BCUT2D eigenvalue weighted by molar-refractivity contribution is -0.132. The minimum Gasteiger partial charge on any atom is -0.493 e. The van der Waals surface area contributed by atoms with Crippen LogP contribution in [0, 0.1) is 6.92 Å². The first-order valence-electron chi connectivity index (χ1n) is 11.6. The molecule has 0 N–H and O–H groups in total. The summed E-state index contributed by atoms with van der Waals surface area (Å²) in [5, 5.41) is 0. The fraction of sp³-hybridized carbons (Fsp3) is 0.333. The summed E-state index contributed by atoms with van der Waals surface area (Å²) in [5.74, 6) is 1.39. The largest absolute Gasteiger partial charge is 0.493 e. The van der Waals surface area contributed by atoms with Crippen LogP contribution in [0.5, 0.6) is 11.5 Å². The van der Waals surface area contributed by atoms with Crippen LogP contribution in [0.15, 0.2) is 54.6 Å². The minimum absolute atomic E-state index is 0.0162. The number of aromatic nitrogens is 1. The molecule has 1 aliphatic rings. The van der Waals surface area contributed by atoms with Crippen molar-refractivity contribution in [2.45, 2.75) is 20.3 Å². The Morgan fingerprint density at radius 3 is 2.12 bits per heavy atom. The van der Waals surface area contributed by atoms with E-state index >= 15 is 0 Å². The van der Waals surface area contributed by atoms with Crippen molar-refractivity contribution in [3.8, 4) is 28.4 Å². The van der Waals surface area contributed by atoms with Gasteiger partial charge in [0.05, 0.1) is 25.5 Å². The molecule has 0 unspecified atom stereocenters. The van der Waals surface area contributed by atoms with Gasteiger partial charge in [0.2, 0.25) is 5.91 Å².